The molecule has 1 aromatic heterocycles. The summed E-state index contributed by atoms with van der Waals surface area (Å²) in [5.74, 6) is -0.726. The predicted octanol–water partition coefficient (Wildman–Crippen LogP) is 6.30. The van der Waals surface area contributed by atoms with E-state index in [1.165, 1.54) is 0 Å². The van der Waals surface area contributed by atoms with Gasteiger partial charge in [0.15, 0.2) is 0 Å². The molecular formula is C24H23ClF3N3O. The Bertz CT molecular complexity index is 1100. The van der Waals surface area contributed by atoms with E-state index in [9.17, 15) is 18.0 Å². The Morgan fingerprint density at radius 2 is 1.78 bits per heavy atom. The van der Waals surface area contributed by atoms with Gasteiger partial charge in [0.25, 0.3) is 0 Å². The highest BCUT2D eigenvalue weighted by Crippen LogP contribution is 2.43. The number of halogens is 4. The van der Waals surface area contributed by atoms with Crippen LogP contribution >= 0.6 is 11.6 Å². The van der Waals surface area contributed by atoms with E-state index in [2.05, 4.69) is 5.10 Å². The number of benzene rings is 2. The Labute approximate surface area is 189 Å². The molecule has 1 aliphatic rings. The molecule has 4 nitrogen and oxygen atoms in total. The Hall–Kier alpha value is -2.80. The average molecular weight is 462 g/mol. The molecule has 0 unspecified atom stereocenters. The van der Waals surface area contributed by atoms with Gasteiger partial charge in [-0.3, -0.25) is 9.48 Å². The standard InChI is InChI=1S/C24H23ClF3N3O/c25-22-20(10-19(24(26,27)28)11-21(22)23(29)32)17-8-6-15(7-9-17)13-31-14-18(12-30-31)16-4-2-1-3-5-16/h1-5,10-12,14-15,17H,6-9,13H2,(H2,29,32). The van der Waals surface area contributed by atoms with Gasteiger partial charge in [0, 0.05) is 18.3 Å². The highest BCUT2D eigenvalue weighted by atomic mass is 35.5. The average Bonchev–Trinajstić information content (AvgIpc) is 3.23. The van der Waals surface area contributed by atoms with E-state index in [4.69, 9.17) is 17.3 Å². The summed E-state index contributed by atoms with van der Waals surface area (Å²) in [6.07, 6.45) is 2.34. The molecule has 32 heavy (non-hydrogen) atoms. The fourth-order valence-electron chi connectivity index (χ4n) is 4.45. The molecule has 0 saturated heterocycles. The zero-order valence-electron chi connectivity index (χ0n) is 17.3. The van der Waals surface area contributed by atoms with Crippen LogP contribution in [-0.4, -0.2) is 15.7 Å². The number of nitrogens with zero attached hydrogens (tertiary/aromatic N) is 2. The Morgan fingerprint density at radius 3 is 2.41 bits per heavy atom. The molecule has 8 heteroatoms. The molecule has 2 N–H and O–H groups in total. The lowest BCUT2D eigenvalue weighted by Crippen LogP contribution is -2.20. The normalized spacial score (nSPS) is 19.1. The second kappa shape index (κ2) is 8.98. The summed E-state index contributed by atoms with van der Waals surface area (Å²) in [6, 6.07) is 11.8. The minimum Gasteiger partial charge on any atom is -0.366 e. The number of carbonyl (C=O) groups is 1. The van der Waals surface area contributed by atoms with E-state index in [0.29, 0.717) is 24.3 Å². The molecule has 0 radical (unpaired) electrons. The maximum absolute atomic E-state index is 13.3. The molecule has 3 aromatic rings. The summed E-state index contributed by atoms with van der Waals surface area (Å²) in [7, 11) is 0. The summed E-state index contributed by atoms with van der Waals surface area (Å²) < 4.78 is 41.9. The predicted molar refractivity (Wildman–Crippen MR) is 117 cm³/mol. The van der Waals surface area contributed by atoms with Crippen LogP contribution in [0.5, 0.6) is 0 Å². The largest absolute Gasteiger partial charge is 0.416 e. The first kappa shape index (κ1) is 22.4. The maximum atomic E-state index is 13.3. The molecule has 1 amide bonds. The van der Waals surface area contributed by atoms with Crippen molar-refractivity contribution in [2.24, 2.45) is 11.7 Å². The fraction of sp³-hybridized carbons (Fsp3) is 0.333. The van der Waals surface area contributed by atoms with Crippen LogP contribution in [0.2, 0.25) is 5.02 Å². The van der Waals surface area contributed by atoms with Crippen molar-refractivity contribution in [1.29, 1.82) is 0 Å². The smallest absolute Gasteiger partial charge is 0.366 e. The van der Waals surface area contributed by atoms with Crippen molar-refractivity contribution >= 4 is 17.5 Å². The van der Waals surface area contributed by atoms with Crippen LogP contribution in [0.1, 0.15) is 53.1 Å². The molecule has 0 spiro atoms. The van der Waals surface area contributed by atoms with Gasteiger partial charge >= 0.3 is 6.18 Å². The van der Waals surface area contributed by atoms with Gasteiger partial charge in [-0.2, -0.15) is 18.3 Å². The Balaban J connectivity index is 1.46. The van der Waals surface area contributed by atoms with Gasteiger partial charge in [-0.25, -0.2) is 0 Å². The minimum absolute atomic E-state index is 0.0357. The first-order valence-electron chi connectivity index (χ1n) is 10.5. The highest BCUT2D eigenvalue weighted by Gasteiger charge is 2.34. The number of rotatable bonds is 5. The van der Waals surface area contributed by atoms with E-state index in [1.54, 1.807) is 0 Å². The van der Waals surface area contributed by atoms with Gasteiger partial charge in [0.05, 0.1) is 22.3 Å². The van der Waals surface area contributed by atoms with E-state index in [-0.39, 0.29) is 16.5 Å². The molecule has 4 rings (SSSR count). The number of hydrogen-bond acceptors (Lipinski definition) is 2. The second-order valence-corrected chi connectivity index (χ2v) is 8.70. The number of carbonyl (C=O) groups excluding carboxylic acids is 1. The second-order valence-electron chi connectivity index (χ2n) is 8.32. The molecular weight excluding hydrogens is 439 g/mol. The molecule has 0 bridgehead atoms. The van der Waals surface area contributed by atoms with Gasteiger partial charge in [0.2, 0.25) is 5.91 Å². The summed E-state index contributed by atoms with van der Waals surface area (Å²) in [6.45, 7) is 0.752. The first-order chi connectivity index (χ1) is 15.2. The maximum Gasteiger partial charge on any atom is 0.416 e. The van der Waals surface area contributed by atoms with Gasteiger partial charge < -0.3 is 5.73 Å². The van der Waals surface area contributed by atoms with E-state index < -0.39 is 17.6 Å². The number of hydrogen-bond donors (Lipinski definition) is 1. The lowest BCUT2D eigenvalue weighted by molar-refractivity contribution is -0.137. The summed E-state index contributed by atoms with van der Waals surface area (Å²) in [5.41, 5.74) is 6.63. The third-order valence-corrected chi connectivity index (χ3v) is 6.59. The van der Waals surface area contributed by atoms with Crippen LogP contribution in [-0.2, 0) is 12.7 Å². The van der Waals surface area contributed by atoms with Crippen LogP contribution in [0.15, 0.2) is 54.9 Å². The molecule has 168 valence electrons. The van der Waals surface area contributed by atoms with E-state index in [1.807, 2.05) is 47.4 Å². The lowest BCUT2D eigenvalue weighted by atomic mass is 9.78. The Morgan fingerprint density at radius 1 is 1.09 bits per heavy atom. The zero-order chi connectivity index (χ0) is 22.9. The van der Waals surface area contributed by atoms with Crippen molar-refractivity contribution in [3.8, 4) is 11.1 Å². The van der Waals surface area contributed by atoms with Gasteiger partial charge in [-0.15, -0.1) is 0 Å². The fourth-order valence-corrected chi connectivity index (χ4v) is 4.81. The molecule has 0 aliphatic heterocycles. The highest BCUT2D eigenvalue weighted by molar-refractivity contribution is 6.34. The molecule has 1 saturated carbocycles. The van der Waals surface area contributed by atoms with Crippen LogP contribution < -0.4 is 5.73 Å². The van der Waals surface area contributed by atoms with Crippen molar-refractivity contribution in [3.05, 3.63) is 76.6 Å². The molecule has 0 atom stereocenters. The number of nitrogens with two attached hydrogens (primary N) is 1. The third kappa shape index (κ3) is 4.83. The van der Waals surface area contributed by atoms with Gasteiger partial charge in [-0.05, 0) is 60.8 Å². The Kier molecular flexibility index (Phi) is 6.29. The van der Waals surface area contributed by atoms with Crippen molar-refractivity contribution in [2.45, 2.75) is 44.3 Å². The summed E-state index contributed by atoms with van der Waals surface area (Å²) >= 11 is 6.30. The molecule has 1 aliphatic carbocycles. The van der Waals surface area contributed by atoms with Crippen LogP contribution in [0, 0.1) is 5.92 Å². The first-order valence-corrected chi connectivity index (χ1v) is 10.9. The molecule has 1 heterocycles. The lowest BCUT2D eigenvalue weighted by Gasteiger charge is -2.30. The zero-order valence-corrected chi connectivity index (χ0v) is 18.0. The SMILES string of the molecule is NC(=O)c1cc(C(F)(F)F)cc(C2CCC(Cn3cc(-c4ccccc4)cn3)CC2)c1Cl. The van der Waals surface area contributed by atoms with Crippen LogP contribution in [0.25, 0.3) is 11.1 Å². The van der Waals surface area contributed by atoms with Crippen molar-refractivity contribution in [3.63, 3.8) is 0 Å². The van der Waals surface area contributed by atoms with E-state index >= 15 is 0 Å². The van der Waals surface area contributed by atoms with Gasteiger partial charge in [-0.1, -0.05) is 41.9 Å². The number of primary amides is 1. The quantitative estimate of drug-likeness (QED) is 0.485. The monoisotopic (exact) mass is 461 g/mol. The minimum atomic E-state index is -4.57. The van der Waals surface area contributed by atoms with Crippen molar-refractivity contribution in [2.75, 3.05) is 0 Å². The molecule has 1 fully saturated rings. The summed E-state index contributed by atoms with van der Waals surface area (Å²) in [5, 5.41) is 4.50. The van der Waals surface area contributed by atoms with Crippen LogP contribution in [0.3, 0.4) is 0 Å². The number of alkyl halides is 3. The van der Waals surface area contributed by atoms with Crippen molar-refractivity contribution in [1.82, 2.24) is 9.78 Å². The summed E-state index contributed by atoms with van der Waals surface area (Å²) in [4.78, 5) is 11.7. The molecule has 2 aromatic carbocycles. The topological polar surface area (TPSA) is 60.9 Å². The van der Waals surface area contributed by atoms with Crippen LogP contribution in [0.4, 0.5) is 13.2 Å². The number of amides is 1. The van der Waals surface area contributed by atoms with Gasteiger partial charge in [0.1, 0.15) is 0 Å². The third-order valence-electron chi connectivity index (χ3n) is 6.17. The van der Waals surface area contributed by atoms with Crippen molar-refractivity contribution < 1.29 is 18.0 Å². The van der Waals surface area contributed by atoms with E-state index in [0.717, 1.165) is 42.6 Å². The number of aromatic nitrogens is 2.